The molecular formula is C18H42N4. The van der Waals surface area contributed by atoms with E-state index in [2.05, 4.69) is 69.5 Å². The van der Waals surface area contributed by atoms with E-state index >= 15 is 0 Å². The minimum atomic E-state index is 0.177. The summed E-state index contributed by atoms with van der Waals surface area (Å²) in [6, 6.07) is 0.565. The molecule has 0 aliphatic rings. The van der Waals surface area contributed by atoms with Crippen LogP contribution in [-0.2, 0) is 0 Å². The van der Waals surface area contributed by atoms with Crippen molar-refractivity contribution in [2.24, 2.45) is 5.41 Å². The molecule has 0 fully saturated rings. The Bertz CT molecular complexity index is 274. The van der Waals surface area contributed by atoms with Crippen molar-refractivity contribution in [2.75, 3.05) is 33.2 Å². The molecule has 134 valence electrons. The molecule has 0 bridgehead atoms. The fourth-order valence-electron chi connectivity index (χ4n) is 2.74. The summed E-state index contributed by atoms with van der Waals surface area (Å²) < 4.78 is 0. The quantitative estimate of drug-likeness (QED) is 0.361. The molecule has 0 unspecified atom stereocenters. The molecule has 0 radical (unpaired) electrons. The highest BCUT2D eigenvalue weighted by Gasteiger charge is 2.40. The molecule has 22 heavy (non-hydrogen) atoms. The second-order valence-electron chi connectivity index (χ2n) is 7.82. The number of nitrogens with one attached hydrogen (secondary N) is 3. The van der Waals surface area contributed by atoms with E-state index in [0.717, 1.165) is 19.6 Å². The maximum Gasteiger partial charge on any atom is 0.0228 e. The van der Waals surface area contributed by atoms with Crippen molar-refractivity contribution in [1.82, 2.24) is 21.1 Å². The number of nitrogens with zero attached hydrogens (tertiary/aromatic N) is 1. The first kappa shape index (κ1) is 21.8. The van der Waals surface area contributed by atoms with E-state index in [0.29, 0.717) is 6.04 Å². The fourth-order valence-corrected chi connectivity index (χ4v) is 2.74. The third-order valence-corrected chi connectivity index (χ3v) is 5.21. The average molecular weight is 315 g/mol. The van der Waals surface area contributed by atoms with Gasteiger partial charge in [0.15, 0.2) is 0 Å². The third kappa shape index (κ3) is 7.40. The van der Waals surface area contributed by atoms with E-state index in [1.165, 1.54) is 25.8 Å². The lowest BCUT2D eigenvalue weighted by molar-refractivity contribution is 0.00477. The smallest absolute Gasteiger partial charge is 0.0228 e. The van der Waals surface area contributed by atoms with Gasteiger partial charge in [0.25, 0.3) is 0 Å². The molecule has 0 saturated carbocycles. The summed E-state index contributed by atoms with van der Waals surface area (Å²) >= 11 is 0. The second-order valence-corrected chi connectivity index (χ2v) is 7.82. The van der Waals surface area contributed by atoms with Crippen LogP contribution >= 0.6 is 0 Å². The van der Waals surface area contributed by atoms with Gasteiger partial charge in [-0.05, 0) is 52.2 Å². The normalized spacial score (nSPS) is 13.4. The van der Waals surface area contributed by atoms with Gasteiger partial charge >= 0.3 is 0 Å². The molecule has 0 aliphatic heterocycles. The van der Waals surface area contributed by atoms with Crippen molar-refractivity contribution in [3.05, 3.63) is 0 Å². The topological polar surface area (TPSA) is 39.3 Å². The van der Waals surface area contributed by atoms with E-state index < -0.39 is 0 Å². The van der Waals surface area contributed by atoms with Crippen molar-refractivity contribution < 1.29 is 0 Å². The Labute approximate surface area is 139 Å². The lowest BCUT2D eigenvalue weighted by Crippen LogP contribution is -2.56. The van der Waals surface area contributed by atoms with Crippen molar-refractivity contribution in [3.8, 4) is 0 Å². The van der Waals surface area contributed by atoms with Crippen molar-refractivity contribution in [2.45, 2.75) is 79.3 Å². The zero-order valence-electron chi connectivity index (χ0n) is 16.5. The molecule has 4 heteroatoms. The maximum absolute atomic E-state index is 3.57. The first-order valence-corrected chi connectivity index (χ1v) is 9.07. The van der Waals surface area contributed by atoms with Gasteiger partial charge in [0.1, 0.15) is 0 Å². The SMILES string of the molecule is CCCCN(CCNNC)C(C)(C)C(C)(C)CCNC(C)C. The van der Waals surface area contributed by atoms with E-state index in [1.807, 2.05) is 7.05 Å². The van der Waals surface area contributed by atoms with Gasteiger partial charge in [0.05, 0.1) is 0 Å². The Morgan fingerprint density at radius 2 is 1.64 bits per heavy atom. The van der Waals surface area contributed by atoms with E-state index in [9.17, 15) is 0 Å². The van der Waals surface area contributed by atoms with Crippen LogP contribution in [0.3, 0.4) is 0 Å². The molecule has 0 amide bonds. The Balaban J connectivity index is 4.78. The van der Waals surface area contributed by atoms with Gasteiger partial charge < -0.3 is 5.32 Å². The molecule has 0 aromatic heterocycles. The van der Waals surface area contributed by atoms with Gasteiger partial charge in [0.2, 0.25) is 0 Å². The molecular weight excluding hydrogens is 272 g/mol. The highest BCUT2D eigenvalue weighted by molar-refractivity contribution is 4.95. The Kier molecular flexibility index (Phi) is 10.5. The summed E-state index contributed by atoms with van der Waals surface area (Å²) in [5.41, 5.74) is 6.71. The van der Waals surface area contributed by atoms with Crippen LogP contribution in [0.15, 0.2) is 0 Å². The van der Waals surface area contributed by atoms with Crippen LogP contribution in [-0.4, -0.2) is 49.7 Å². The summed E-state index contributed by atoms with van der Waals surface area (Å²) in [7, 11) is 1.93. The van der Waals surface area contributed by atoms with E-state index in [1.54, 1.807) is 0 Å². The summed E-state index contributed by atoms with van der Waals surface area (Å²) in [6.07, 6.45) is 3.71. The minimum absolute atomic E-state index is 0.177. The molecule has 3 N–H and O–H groups in total. The number of hydrogen-bond acceptors (Lipinski definition) is 4. The monoisotopic (exact) mass is 314 g/mol. The standard InChI is InChI=1S/C18H42N4/c1-9-10-14-22(15-13-21-19-8)18(6,7)17(4,5)11-12-20-16(2)3/h16,19-21H,9-15H2,1-8H3. The van der Waals surface area contributed by atoms with Crippen LogP contribution in [0.25, 0.3) is 0 Å². The van der Waals surface area contributed by atoms with Crippen molar-refractivity contribution in [1.29, 1.82) is 0 Å². The van der Waals surface area contributed by atoms with Gasteiger partial charge in [-0.3, -0.25) is 15.8 Å². The summed E-state index contributed by atoms with van der Waals surface area (Å²) in [6.45, 7) is 20.7. The lowest BCUT2D eigenvalue weighted by Gasteiger charge is -2.50. The Morgan fingerprint density at radius 1 is 1.00 bits per heavy atom. The van der Waals surface area contributed by atoms with E-state index in [-0.39, 0.29) is 11.0 Å². The average Bonchev–Trinajstić information content (AvgIpc) is 2.41. The Hall–Kier alpha value is -0.160. The number of hydrazine groups is 1. The zero-order valence-corrected chi connectivity index (χ0v) is 16.5. The van der Waals surface area contributed by atoms with Gasteiger partial charge in [-0.1, -0.05) is 41.0 Å². The highest BCUT2D eigenvalue weighted by atomic mass is 15.3. The predicted molar refractivity (Wildman–Crippen MR) is 99.2 cm³/mol. The predicted octanol–water partition coefficient (Wildman–Crippen LogP) is 3.01. The molecule has 0 aromatic carbocycles. The molecule has 4 nitrogen and oxygen atoms in total. The number of unbranched alkanes of at least 4 members (excludes halogenated alkanes) is 1. The lowest BCUT2D eigenvalue weighted by atomic mass is 9.71. The number of hydrogen-bond donors (Lipinski definition) is 3. The molecule has 0 aliphatic carbocycles. The van der Waals surface area contributed by atoms with Crippen LogP contribution in [0, 0.1) is 5.41 Å². The van der Waals surface area contributed by atoms with Crippen LogP contribution in [0.5, 0.6) is 0 Å². The maximum atomic E-state index is 3.57. The van der Waals surface area contributed by atoms with Gasteiger partial charge in [-0.2, -0.15) is 0 Å². The summed E-state index contributed by atoms with van der Waals surface area (Å²) in [5.74, 6) is 0. The molecule has 0 heterocycles. The molecule has 0 spiro atoms. The van der Waals surface area contributed by atoms with Gasteiger partial charge in [-0.25, -0.2) is 0 Å². The highest BCUT2D eigenvalue weighted by Crippen LogP contribution is 2.38. The van der Waals surface area contributed by atoms with Gasteiger partial charge in [-0.15, -0.1) is 0 Å². The minimum Gasteiger partial charge on any atom is -0.315 e. The largest absolute Gasteiger partial charge is 0.315 e. The molecule has 0 saturated heterocycles. The third-order valence-electron chi connectivity index (χ3n) is 5.21. The van der Waals surface area contributed by atoms with Crippen molar-refractivity contribution in [3.63, 3.8) is 0 Å². The molecule has 0 aromatic rings. The van der Waals surface area contributed by atoms with Crippen LogP contribution < -0.4 is 16.2 Å². The van der Waals surface area contributed by atoms with Crippen LogP contribution in [0.4, 0.5) is 0 Å². The Morgan fingerprint density at radius 3 is 2.14 bits per heavy atom. The first-order chi connectivity index (χ1) is 10.2. The number of rotatable bonds is 13. The first-order valence-electron chi connectivity index (χ1n) is 9.07. The van der Waals surface area contributed by atoms with Crippen molar-refractivity contribution >= 4 is 0 Å². The molecule has 0 rings (SSSR count). The summed E-state index contributed by atoms with van der Waals surface area (Å²) in [5, 5.41) is 3.57. The summed E-state index contributed by atoms with van der Waals surface area (Å²) in [4.78, 5) is 2.66. The fraction of sp³-hybridized carbons (Fsp3) is 1.00. The zero-order chi connectivity index (χ0) is 17.2. The van der Waals surface area contributed by atoms with Crippen LogP contribution in [0.2, 0.25) is 0 Å². The molecule has 0 atom stereocenters. The van der Waals surface area contributed by atoms with Crippen LogP contribution in [0.1, 0.15) is 67.7 Å². The van der Waals surface area contributed by atoms with E-state index in [4.69, 9.17) is 0 Å². The van der Waals surface area contributed by atoms with Gasteiger partial charge in [0, 0.05) is 24.7 Å². The second kappa shape index (κ2) is 10.6.